The molecule has 18 heavy (non-hydrogen) atoms. The van der Waals surface area contributed by atoms with Crippen molar-refractivity contribution in [2.45, 2.75) is 51.6 Å². The summed E-state index contributed by atoms with van der Waals surface area (Å²) in [7, 11) is 0. The van der Waals surface area contributed by atoms with Gasteiger partial charge in [0.1, 0.15) is 0 Å². The average Bonchev–Trinajstić information content (AvgIpc) is 2.90. The van der Waals surface area contributed by atoms with Crippen LogP contribution in [0.4, 0.5) is 0 Å². The van der Waals surface area contributed by atoms with E-state index in [4.69, 9.17) is 0 Å². The number of rotatable bonds is 4. The Morgan fingerprint density at radius 1 is 1.28 bits per heavy atom. The number of carbonyl (C=O) groups excluding carboxylic acids is 1. The van der Waals surface area contributed by atoms with Gasteiger partial charge in [0, 0.05) is 19.1 Å². The van der Waals surface area contributed by atoms with E-state index in [-0.39, 0.29) is 6.04 Å². The van der Waals surface area contributed by atoms with Crippen LogP contribution in [0.5, 0.6) is 0 Å². The Bertz CT molecular complexity index is 272. The molecule has 4 heteroatoms. The van der Waals surface area contributed by atoms with Crippen molar-refractivity contribution in [1.82, 2.24) is 15.1 Å². The molecule has 2 saturated heterocycles. The van der Waals surface area contributed by atoms with E-state index in [2.05, 4.69) is 29.0 Å². The van der Waals surface area contributed by atoms with E-state index in [0.29, 0.717) is 11.9 Å². The van der Waals surface area contributed by atoms with Crippen LogP contribution < -0.4 is 5.32 Å². The van der Waals surface area contributed by atoms with Gasteiger partial charge in [0.05, 0.1) is 6.04 Å². The average molecular weight is 253 g/mol. The van der Waals surface area contributed by atoms with E-state index < -0.39 is 0 Å². The first-order valence-electron chi connectivity index (χ1n) is 7.52. The summed E-state index contributed by atoms with van der Waals surface area (Å²) in [5.41, 5.74) is 0. The van der Waals surface area contributed by atoms with Crippen LogP contribution in [0.15, 0.2) is 0 Å². The van der Waals surface area contributed by atoms with Crippen LogP contribution in [0, 0.1) is 0 Å². The zero-order valence-electron chi connectivity index (χ0n) is 11.8. The van der Waals surface area contributed by atoms with Crippen molar-refractivity contribution < 1.29 is 4.79 Å². The molecule has 2 atom stereocenters. The number of piperidine rings is 1. The lowest BCUT2D eigenvalue weighted by atomic mass is 10.0. The van der Waals surface area contributed by atoms with E-state index in [9.17, 15) is 4.79 Å². The molecule has 0 saturated carbocycles. The first kappa shape index (κ1) is 13.8. The Balaban J connectivity index is 1.85. The SMILES string of the molecule is CCN(CC)C1CCN(C(=O)[C@H]2CCCCN2)C1. The highest BCUT2D eigenvalue weighted by Crippen LogP contribution is 2.18. The minimum atomic E-state index is 0.0919. The van der Waals surface area contributed by atoms with Crippen LogP contribution in [0.1, 0.15) is 39.5 Å². The Labute approximate surface area is 111 Å². The molecule has 2 aliphatic rings. The summed E-state index contributed by atoms with van der Waals surface area (Å²) < 4.78 is 0. The maximum Gasteiger partial charge on any atom is 0.239 e. The number of nitrogens with zero attached hydrogens (tertiary/aromatic N) is 2. The third kappa shape index (κ3) is 3.04. The Hall–Kier alpha value is -0.610. The highest BCUT2D eigenvalue weighted by Gasteiger charge is 2.32. The lowest BCUT2D eigenvalue weighted by Gasteiger charge is -2.29. The molecule has 2 heterocycles. The van der Waals surface area contributed by atoms with Crippen LogP contribution in [-0.4, -0.2) is 60.5 Å². The second-order valence-electron chi connectivity index (χ2n) is 5.45. The molecular weight excluding hydrogens is 226 g/mol. The standard InChI is InChI=1S/C14H27N3O/c1-3-16(4-2)12-8-10-17(11-12)14(18)13-7-5-6-9-15-13/h12-13,15H,3-11H2,1-2H3/t12?,13-/m1/s1. The minimum absolute atomic E-state index is 0.0919. The summed E-state index contributed by atoms with van der Waals surface area (Å²) >= 11 is 0. The fourth-order valence-corrected chi connectivity index (χ4v) is 3.26. The minimum Gasteiger partial charge on any atom is -0.340 e. The normalized spacial score (nSPS) is 28.9. The smallest absolute Gasteiger partial charge is 0.239 e. The molecule has 2 rings (SSSR count). The predicted molar refractivity (Wildman–Crippen MR) is 73.5 cm³/mol. The van der Waals surface area contributed by atoms with Crippen molar-refractivity contribution in [3.63, 3.8) is 0 Å². The van der Waals surface area contributed by atoms with Crippen LogP contribution in [-0.2, 0) is 4.79 Å². The van der Waals surface area contributed by atoms with Crippen molar-refractivity contribution in [1.29, 1.82) is 0 Å². The molecule has 4 nitrogen and oxygen atoms in total. The second-order valence-corrected chi connectivity index (χ2v) is 5.45. The van der Waals surface area contributed by atoms with Gasteiger partial charge in [-0.1, -0.05) is 20.3 Å². The fraction of sp³-hybridized carbons (Fsp3) is 0.929. The summed E-state index contributed by atoms with van der Waals surface area (Å²) in [5.74, 6) is 0.337. The topological polar surface area (TPSA) is 35.6 Å². The van der Waals surface area contributed by atoms with Crippen molar-refractivity contribution in [3.8, 4) is 0 Å². The van der Waals surface area contributed by atoms with Crippen LogP contribution in [0.3, 0.4) is 0 Å². The Morgan fingerprint density at radius 2 is 2.06 bits per heavy atom. The number of likely N-dealkylation sites (N-methyl/N-ethyl adjacent to an activating group) is 1. The predicted octanol–water partition coefficient (Wildman–Crippen LogP) is 1.07. The van der Waals surface area contributed by atoms with Crippen molar-refractivity contribution in [2.75, 3.05) is 32.7 Å². The van der Waals surface area contributed by atoms with Crippen molar-refractivity contribution in [3.05, 3.63) is 0 Å². The number of hydrogen-bond acceptors (Lipinski definition) is 3. The van der Waals surface area contributed by atoms with Crippen molar-refractivity contribution in [2.24, 2.45) is 0 Å². The summed E-state index contributed by atoms with van der Waals surface area (Å²) in [6, 6.07) is 0.668. The van der Waals surface area contributed by atoms with E-state index in [1.165, 1.54) is 12.8 Å². The molecule has 0 aromatic heterocycles. The van der Waals surface area contributed by atoms with Gasteiger partial charge in [-0.3, -0.25) is 9.69 Å². The summed E-state index contributed by atoms with van der Waals surface area (Å²) in [6.45, 7) is 9.46. The lowest BCUT2D eigenvalue weighted by molar-refractivity contribution is -0.133. The number of carbonyl (C=O) groups is 1. The quantitative estimate of drug-likeness (QED) is 0.814. The van der Waals surface area contributed by atoms with Crippen molar-refractivity contribution >= 4 is 5.91 Å². The zero-order chi connectivity index (χ0) is 13.0. The molecule has 0 spiro atoms. The molecule has 0 bridgehead atoms. The second kappa shape index (κ2) is 6.53. The van der Waals surface area contributed by atoms with Gasteiger partial charge in [0.15, 0.2) is 0 Å². The first-order valence-corrected chi connectivity index (χ1v) is 7.52. The molecule has 0 radical (unpaired) electrons. The Morgan fingerprint density at radius 3 is 2.67 bits per heavy atom. The molecule has 1 N–H and O–H groups in total. The van der Waals surface area contributed by atoms with Gasteiger partial charge in [-0.05, 0) is 38.9 Å². The third-order valence-corrected chi connectivity index (χ3v) is 4.41. The number of nitrogens with one attached hydrogen (secondary N) is 1. The fourth-order valence-electron chi connectivity index (χ4n) is 3.26. The lowest BCUT2D eigenvalue weighted by Crippen LogP contribution is -2.48. The molecule has 0 aliphatic carbocycles. The summed E-state index contributed by atoms with van der Waals surface area (Å²) in [4.78, 5) is 16.9. The van der Waals surface area contributed by atoms with Gasteiger partial charge in [-0.15, -0.1) is 0 Å². The highest BCUT2D eigenvalue weighted by molar-refractivity contribution is 5.82. The Kier molecular flexibility index (Phi) is 5.01. The maximum atomic E-state index is 12.4. The van der Waals surface area contributed by atoms with Gasteiger partial charge in [0.2, 0.25) is 5.91 Å². The number of hydrogen-bond donors (Lipinski definition) is 1. The maximum absolute atomic E-state index is 12.4. The van der Waals surface area contributed by atoms with E-state index in [0.717, 1.165) is 45.6 Å². The molecule has 1 amide bonds. The van der Waals surface area contributed by atoms with Gasteiger partial charge in [-0.2, -0.15) is 0 Å². The van der Waals surface area contributed by atoms with Gasteiger partial charge < -0.3 is 10.2 Å². The van der Waals surface area contributed by atoms with Crippen LogP contribution in [0.2, 0.25) is 0 Å². The zero-order valence-corrected chi connectivity index (χ0v) is 11.8. The molecule has 0 aromatic carbocycles. The number of likely N-dealkylation sites (tertiary alicyclic amines) is 1. The van der Waals surface area contributed by atoms with Gasteiger partial charge in [0.25, 0.3) is 0 Å². The monoisotopic (exact) mass is 253 g/mol. The summed E-state index contributed by atoms with van der Waals surface area (Å²) in [5, 5.41) is 3.36. The molecule has 0 aromatic rings. The van der Waals surface area contributed by atoms with E-state index in [1.54, 1.807) is 0 Å². The highest BCUT2D eigenvalue weighted by atomic mass is 16.2. The summed E-state index contributed by atoms with van der Waals surface area (Å²) in [6.07, 6.45) is 4.56. The molecular formula is C14H27N3O. The van der Waals surface area contributed by atoms with E-state index >= 15 is 0 Å². The first-order chi connectivity index (χ1) is 8.76. The van der Waals surface area contributed by atoms with Crippen LogP contribution in [0.25, 0.3) is 0 Å². The van der Waals surface area contributed by atoms with Gasteiger partial charge in [-0.25, -0.2) is 0 Å². The van der Waals surface area contributed by atoms with Crippen LogP contribution >= 0.6 is 0 Å². The molecule has 2 aliphatic heterocycles. The van der Waals surface area contributed by atoms with E-state index in [1.807, 2.05) is 0 Å². The molecule has 104 valence electrons. The molecule has 1 unspecified atom stereocenters. The third-order valence-electron chi connectivity index (χ3n) is 4.41. The molecule has 2 fully saturated rings. The van der Waals surface area contributed by atoms with Gasteiger partial charge >= 0.3 is 0 Å². The largest absolute Gasteiger partial charge is 0.340 e. The number of amides is 1.